The minimum absolute atomic E-state index is 0.234. The maximum Gasteiger partial charge on any atom is 0.115 e. The number of aromatic hydroxyl groups is 1. The Kier molecular flexibility index (Phi) is 3.76. The zero-order valence-electron chi connectivity index (χ0n) is 11.4. The van der Waals surface area contributed by atoms with Gasteiger partial charge in [-0.1, -0.05) is 12.1 Å². The standard InChI is InChI=1S/C16H23NO2/c18-15-6-2-13(3-7-15)10-16(8-1-9-19-12-16)11-17-14-4-5-14/h2-3,6-7,14,17-18H,1,4-5,8-12H2. The first-order valence-corrected chi connectivity index (χ1v) is 7.35. The highest BCUT2D eigenvalue weighted by atomic mass is 16.5. The van der Waals surface area contributed by atoms with Gasteiger partial charge in [0.15, 0.2) is 0 Å². The second kappa shape index (κ2) is 5.51. The van der Waals surface area contributed by atoms with Crippen molar-refractivity contribution in [2.75, 3.05) is 19.8 Å². The van der Waals surface area contributed by atoms with Crippen LogP contribution in [-0.4, -0.2) is 30.9 Å². The Labute approximate surface area is 115 Å². The largest absolute Gasteiger partial charge is 0.508 e. The Hall–Kier alpha value is -1.06. The maximum absolute atomic E-state index is 9.37. The molecule has 1 aliphatic carbocycles. The Balaban J connectivity index is 1.68. The lowest BCUT2D eigenvalue weighted by Gasteiger charge is -2.37. The van der Waals surface area contributed by atoms with Crippen molar-refractivity contribution in [3.05, 3.63) is 29.8 Å². The molecule has 0 aromatic heterocycles. The fraction of sp³-hybridized carbons (Fsp3) is 0.625. The molecule has 1 aromatic carbocycles. The van der Waals surface area contributed by atoms with Crippen LogP contribution in [0.25, 0.3) is 0 Å². The van der Waals surface area contributed by atoms with Crippen molar-refractivity contribution in [1.82, 2.24) is 5.32 Å². The van der Waals surface area contributed by atoms with E-state index in [0.29, 0.717) is 5.75 Å². The predicted molar refractivity (Wildman–Crippen MR) is 75.3 cm³/mol. The lowest BCUT2D eigenvalue weighted by atomic mass is 9.77. The first kappa shape index (κ1) is 12.9. The van der Waals surface area contributed by atoms with Crippen LogP contribution in [0.3, 0.4) is 0 Å². The van der Waals surface area contributed by atoms with Crippen LogP contribution in [0.1, 0.15) is 31.2 Å². The summed E-state index contributed by atoms with van der Waals surface area (Å²) in [5.41, 5.74) is 1.53. The molecule has 19 heavy (non-hydrogen) atoms. The molecule has 2 N–H and O–H groups in total. The number of phenols is 1. The SMILES string of the molecule is Oc1ccc(CC2(CNC3CC3)CCCOC2)cc1. The van der Waals surface area contributed by atoms with Gasteiger partial charge in [0.25, 0.3) is 0 Å². The van der Waals surface area contributed by atoms with Crippen LogP contribution in [0.4, 0.5) is 0 Å². The van der Waals surface area contributed by atoms with Gasteiger partial charge in [-0.3, -0.25) is 0 Å². The number of ether oxygens (including phenoxy) is 1. The van der Waals surface area contributed by atoms with Crippen molar-refractivity contribution in [3.8, 4) is 5.75 Å². The summed E-state index contributed by atoms with van der Waals surface area (Å²) < 4.78 is 5.74. The van der Waals surface area contributed by atoms with Crippen LogP contribution in [0.5, 0.6) is 5.75 Å². The molecular weight excluding hydrogens is 238 g/mol. The molecular formula is C16H23NO2. The van der Waals surface area contributed by atoms with Crippen molar-refractivity contribution < 1.29 is 9.84 Å². The van der Waals surface area contributed by atoms with Crippen LogP contribution in [0.15, 0.2) is 24.3 Å². The highest BCUT2D eigenvalue weighted by Crippen LogP contribution is 2.33. The van der Waals surface area contributed by atoms with Gasteiger partial charge in [0.05, 0.1) is 6.61 Å². The smallest absolute Gasteiger partial charge is 0.115 e. The molecule has 2 fully saturated rings. The van der Waals surface area contributed by atoms with E-state index in [9.17, 15) is 5.11 Å². The number of phenolic OH excluding ortho intramolecular Hbond substituents is 1. The van der Waals surface area contributed by atoms with Gasteiger partial charge in [0.1, 0.15) is 5.75 Å². The summed E-state index contributed by atoms with van der Waals surface area (Å²) in [7, 11) is 0. The van der Waals surface area contributed by atoms with Crippen molar-refractivity contribution in [2.24, 2.45) is 5.41 Å². The lowest BCUT2D eigenvalue weighted by molar-refractivity contribution is -0.00735. The fourth-order valence-electron chi connectivity index (χ4n) is 2.95. The molecule has 3 nitrogen and oxygen atoms in total. The van der Waals surface area contributed by atoms with Gasteiger partial charge in [-0.05, 0) is 49.8 Å². The summed E-state index contributed by atoms with van der Waals surface area (Å²) in [6.45, 7) is 2.81. The molecule has 1 heterocycles. The van der Waals surface area contributed by atoms with E-state index in [0.717, 1.165) is 38.6 Å². The highest BCUT2D eigenvalue weighted by Gasteiger charge is 2.35. The van der Waals surface area contributed by atoms with Crippen molar-refractivity contribution >= 4 is 0 Å². The van der Waals surface area contributed by atoms with E-state index in [1.807, 2.05) is 12.1 Å². The molecule has 1 unspecified atom stereocenters. The number of hydrogen-bond donors (Lipinski definition) is 2. The van der Waals surface area contributed by atoms with Gasteiger partial charge in [-0.25, -0.2) is 0 Å². The average molecular weight is 261 g/mol. The molecule has 0 bridgehead atoms. The molecule has 3 heteroatoms. The summed E-state index contributed by atoms with van der Waals surface area (Å²) >= 11 is 0. The van der Waals surface area contributed by atoms with Crippen molar-refractivity contribution in [3.63, 3.8) is 0 Å². The second-order valence-corrected chi connectivity index (χ2v) is 6.15. The Morgan fingerprint density at radius 1 is 1.26 bits per heavy atom. The summed E-state index contributed by atoms with van der Waals surface area (Å²) in [6, 6.07) is 8.37. The highest BCUT2D eigenvalue weighted by molar-refractivity contribution is 5.26. The van der Waals surface area contributed by atoms with Crippen molar-refractivity contribution in [1.29, 1.82) is 0 Å². The van der Waals surface area contributed by atoms with E-state index in [4.69, 9.17) is 4.74 Å². The fourth-order valence-corrected chi connectivity index (χ4v) is 2.95. The minimum atomic E-state index is 0.234. The van der Waals surface area contributed by atoms with Crippen molar-refractivity contribution in [2.45, 2.75) is 38.1 Å². The molecule has 3 rings (SSSR count). The molecule has 104 valence electrons. The molecule has 0 radical (unpaired) electrons. The molecule has 0 amide bonds. The number of nitrogens with one attached hydrogen (secondary N) is 1. The average Bonchev–Trinajstić information content (AvgIpc) is 3.25. The van der Waals surface area contributed by atoms with E-state index < -0.39 is 0 Å². The molecule has 1 saturated heterocycles. The van der Waals surface area contributed by atoms with Crippen LogP contribution in [0, 0.1) is 5.41 Å². The third-order valence-electron chi connectivity index (χ3n) is 4.26. The summed E-state index contributed by atoms with van der Waals surface area (Å²) in [4.78, 5) is 0. The molecule has 1 saturated carbocycles. The first-order valence-electron chi connectivity index (χ1n) is 7.35. The van der Waals surface area contributed by atoms with Gasteiger partial charge in [0.2, 0.25) is 0 Å². The second-order valence-electron chi connectivity index (χ2n) is 6.15. The normalized spacial score (nSPS) is 27.4. The Bertz CT molecular complexity index is 405. The quantitative estimate of drug-likeness (QED) is 0.855. The van der Waals surface area contributed by atoms with E-state index in [1.165, 1.54) is 24.8 Å². The third kappa shape index (κ3) is 3.48. The van der Waals surface area contributed by atoms with Crippen LogP contribution in [0.2, 0.25) is 0 Å². The Morgan fingerprint density at radius 3 is 2.68 bits per heavy atom. The maximum atomic E-state index is 9.37. The third-order valence-corrected chi connectivity index (χ3v) is 4.26. The van der Waals surface area contributed by atoms with Gasteiger partial charge in [-0.15, -0.1) is 0 Å². The van der Waals surface area contributed by atoms with Crippen LogP contribution >= 0.6 is 0 Å². The van der Waals surface area contributed by atoms with E-state index in [-0.39, 0.29) is 5.41 Å². The monoisotopic (exact) mass is 261 g/mol. The number of benzene rings is 1. The zero-order chi connectivity index (χ0) is 13.1. The summed E-state index contributed by atoms with van der Waals surface area (Å²) in [5, 5.41) is 13.0. The summed E-state index contributed by atoms with van der Waals surface area (Å²) in [6.07, 6.45) is 6.08. The van der Waals surface area contributed by atoms with Gasteiger partial charge >= 0.3 is 0 Å². The van der Waals surface area contributed by atoms with Gasteiger partial charge in [0, 0.05) is 24.6 Å². The van der Waals surface area contributed by atoms with E-state index >= 15 is 0 Å². The van der Waals surface area contributed by atoms with Gasteiger partial charge in [-0.2, -0.15) is 0 Å². The predicted octanol–water partition coefficient (Wildman–Crippen LogP) is 2.48. The van der Waals surface area contributed by atoms with Crippen LogP contribution < -0.4 is 5.32 Å². The molecule has 1 atom stereocenters. The topological polar surface area (TPSA) is 41.5 Å². The van der Waals surface area contributed by atoms with E-state index in [2.05, 4.69) is 5.32 Å². The molecule has 2 aliphatic rings. The minimum Gasteiger partial charge on any atom is -0.508 e. The molecule has 0 spiro atoms. The zero-order valence-corrected chi connectivity index (χ0v) is 11.4. The molecule has 1 aromatic rings. The Morgan fingerprint density at radius 2 is 2.05 bits per heavy atom. The lowest BCUT2D eigenvalue weighted by Crippen LogP contribution is -2.43. The van der Waals surface area contributed by atoms with Gasteiger partial charge < -0.3 is 15.2 Å². The first-order chi connectivity index (χ1) is 9.26. The van der Waals surface area contributed by atoms with Crippen LogP contribution in [-0.2, 0) is 11.2 Å². The number of rotatable bonds is 5. The van der Waals surface area contributed by atoms with E-state index in [1.54, 1.807) is 12.1 Å². The number of hydrogen-bond acceptors (Lipinski definition) is 3. The molecule has 1 aliphatic heterocycles. The summed E-state index contributed by atoms with van der Waals surface area (Å²) in [5.74, 6) is 0.341.